The van der Waals surface area contributed by atoms with Crippen LogP contribution in [0, 0.1) is 5.41 Å². The number of benzene rings is 2. The first-order valence-corrected chi connectivity index (χ1v) is 9.97. The predicted octanol–water partition coefficient (Wildman–Crippen LogP) is 6.20. The van der Waals surface area contributed by atoms with E-state index in [0.717, 1.165) is 45.3 Å². The Morgan fingerprint density at radius 1 is 1.07 bits per heavy atom. The van der Waals surface area contributed by atoms with Gasteiger partial charge in [0.05, 0.1) is 11.6 Å². The third-order valence-electron chi connectivity index (χ3n) is 5.80. The highest BCUT2D eigenvalue weighted by atomic mass is 35.5. The Kier molecular flexibility index (Phi) is 3.85. The maximum absolute atomic E-state index is 13.3. The van der Waals surface area contributed by atoms with Gasteiger partial charge in [0.15, 0.2) is 5.78 Å². The lowest BCUT2D eigenvalue weighted by atomic mass is 9.68. The quantitative estimate of drug-likeness (QED) is 0.539. The number of aromatic nitrogens is 1. The molecule has 1 aromatic heterocycles. The number of halogens is 1. The lowest BCUT2D eigenvalue weighted by molar-refractivity contribution is -0.118. The molecule has 0 unspecified atom stereocenters. The van der Waals surface area contributed by atoms with Gasteiger partial charge in [-0.1, -0.05) is 43.6 Å². The Balaban J connectivity index is 1.79. The van der Waals surface area contributed by atoms with E-state index in [1.165, 1.54) is 0 Å². The van der Waals surface area contributed by atoms with Crippen LogP contribution in [0.2, 0.25) is 5.02 Å². The van der Waals surface area contributed by atoms with E-state index < -0.39 is 0 Å². The van der Waals surface area contributed by atoms with Crippen LogP contribution in [0.15, 0.2) is 60.3 Å². The van der Waals surface area contributed by atoms with Gasteiger partial charge in [-0.2, -0.15) is 0 Å². The summed E-state index contributed by atoms with van der Waals surface area (Å²) in [5.74, 6) is 0.227. The number of allylic oxidation sites excluding steroid dienone is 1. The molecule has 28 heavy (non-hydrogen) atoms. The summed E-state index contributed by atoms with van der Waals surface area (Å²) in [4.78, 5) is 17.8. The molecule has 1 N–H and O–H groups in total. The molecule has 5 rings (SSSR count). The molecule has 1 atom stereocenters. The zero-order valence-electron chi connectivity index (χ0n) is 15.9. The van der Waals surface area contributed by atoms with Crippen LogP contribution >= 0.6 is 11.6 Å². The van der Waals surface area contributed by atoms with Crippen LogP contribution in [0.5, 0.6) is 0 Å². The number of hydrogen-bond acceptors (Lipinski definition) is 3. The van der Waals surface area contributed by atoms with Crippen LogP contribution < -0.4 is 5.32 Å². The molecule has 1 aliphatic carbocycles. The minimum Gasteiger partial charge on any atom is -0.373 e. The molecule has 0 radical (unpaired) electrons. The summed E-state index contributed by atoms with van der Waals surface area (Å²) in [5, 5.41) is 5.43. The second kappa shape index (κ2) is 6.18. The molecule has 4 heteroatoms. The average Bonchev–Trinajstić information content (AvgIpc) is 2.66. The smallest absolute Gasteiger partial charge is 0.162 e. The van der Waals surface area contributed by atoms with Gasteiger partial charge in [0, 0.05) is 39.9 Å². The Bertz CT molecular complexity index is 1140. The topological polar surface area (TPSA) is 42.0 Å². The molecule has 0 bridgehead atoms. The molecule has 2 heterocycles. The van der Waals surface area contributed by atoms with Crippen molar-refractivity contribution in [1.82, 2.24) is 4.98 Å². The summed E-state index contributed by atoms with van der Waals surface area (Å²) in [6, 6.07) is 15.8. The van der Waals surface area contributed by atoms with Crippen molar-refractivity contribution in [2.45, 2.75) is 32.7 Å². The molecule has 3 nitrogen and oxygen atoms in total. The number of carbonyl (C=O) groups excluding carboxylic acids is 1. The zero-order chi connectivity index (χ0) is 19.5. The summed E-state index contributed by atoms with van der Waals surface area (Å²) in [7, 11) is 0. The van der Waals surface area contributed by atoms with Crippen LogP contribution in [0.4, 0.5) is 5.69 Å². The summed E-state index contributed by atoms with van der Waals surface area (Å²) < 4.78 is 0. The summed E-state index contributed by atoms with van der Waals surface area (Å²) in [6.45, 7) is 4.36. The summed E-state index contributed by atoms with van der Waals surface area (Å²) in [5.41, 5.74) is 6.20. The van der Waals surface area contributed by atoms with E-state index >= 15 is 0 Å². The van der Waals surface area contributed by atoms with Gasteiger partial charge in [0.2, 0.25) is 0 Å². The highest BCUT2D eigenvalue weighted by Gasteiger charge is 2.40. The molecule has 1 aliphatic heterocycles. The van der Waals surface area contributed by atoms with Crippen LogP contribution in [-0.2, 0) is 4.79 Å². The van der Waals surface area contributed by atoms with Crippen molar-refractivity contribution in [3.63, 3.8) is 0 Å². The number of rotatable bonds is 1. The Morgan fingerprint density at radius 2 is 1.86 bits per heavy atom. The zero-order valence-corrected chi connectivity index (χ0v) is 16.7. The van der Waals surface area contributed by atoms with Gasteiger partial charge >= 0.3 is 0 Å². The fraction of sp³-hybridized carbons (Fsp3) is 0.250. The monoisotopic (exact) mass is 388 g/mol. The van der Waals surface area contributed by atoms with Gasteiger partial charge in [-0.25, -0.2) is 0 Å². The number of hydrogen-bond donors (Lipinski definition) is 1. The number of anilines is 1. The molecule has 0 amide bonds. The maximum atomic E-state index is 13.3. The summed E-state index contributed by atoms with van der Waals surface area (Å²) >= 11 is 6.09. The first-order valence-electron chi connectivity index (χ1n) is 9.59. The van der Waals surface area contributed by atoms with E-state index in [1.807, 2.05) is 42.6 Å². The Labute approximate surface area is 169 Å². The van der Waals surface area contributed by atoms with Gasteiger partial charge in [-0.3, -0.25) is 9.78 Å². The minimum atomic E-state index is -0.155. The predicted molar refractivity (Wildman–Crippen MR) is 115 cm³/mol. The molecule has 140 valence electrons. The molecular formula is C24H21ClN2O. The summed E-state index contributed by atoms with van der Waals surface area (Å²) in [6.07, 6.45) is 3.25. The molecule has 0 spiro atoms. The van der Waals surface area contributed by atoms with E-state index in [2.05, 4.69) is 36.3 Å². The van der Waals surface area contributed by atoms with Gasteiger partial charge in [-0.15, -0.1) is 0 Å². The van der Waals surface area contributed by atoms with Crippen LogP contribution in [0.25, 0.3) is 16.5 Å². The van der Waals surface area contributed by atoms with Gasteiger partial charge in [-0.05, 0) is 53.3 Å². The normalized spacial score (nSPS) is 20.5. The molecular weight excluding hydrogens is 368 g/mol. The van der Waals surface area contributed by atoms with Crippen LogP contribution in [-0.4, -0.2) is 10.8 Å². The molecule has 2 aliphatic rings. The Morgan fingerprint density at radius 3 is 2.64 bits per heavy atom. The van der Waals surface area contributed by atoms with Crippen molar-refractivity contribution >= 4 is 39.5 Å². The highest BCUT2D eigenvalue weighted by Crippen LogP contribution is 2.51. The number of ketones is 1. The van der Waals surface area contributed by atoms with Crippen molar-refractivity contribution < 1.29 is 4.79 Å². The number of nitrogens with zero attached hydrogens (tertiary/aromatic N) is 1. The first-order chi connectivity index (χ1) is 13.4. The van der Waals surface area contributed by atoms with E-state index in [4.69, 9.17) is 11.6 Å². The van der Waals surface area contributed by atoms with Gasteiger partial charge < -0.3 is 5.32 Å². The van der Waals surface area contributed by atoms with Crippen molar-refractivity contribution in [2.75, 3.05) is 5.32 Å². The average molecular weight is 389 g/mol. The van der Waals surface area contributed by atoms with Crippen LogP contribution in [0.3, 0.4) is 0 Å². The molecule has 0 fully saturated rings. The van der Waals surface area contributed by atoms with Crippen molar-refractivity contribution in [1.29, 1.82) is 0 Å². The molecule has 0 saturated heterocycles. The van der Waals surface area contributed by atoms with Crippen molar-refractivity contribution in [2.24, 2.45) is 5.41 Å². The lowest BCUT2D eigenvalue weighted by Crippen LogP contribution is -2.33. The number of carbonyl (C=O) groups is 1. The highest BCUT2D eigenvalue weighted by molar-refractivity contribution is 6.30. The van der Waals surface area contributed by atoms with Crippen molar-refractivity contribution in [3.8, 4) is 0 Å². The van der Waals surface area contributed by atoms with Crippen LogP contribution in [0.1, 0.15) is 43.9 Å². The standard InChI is InChI=1S/C24H21ClN2O/c1-24(2)12-17-21-16-4-3-11-26-18(16)9-10-19(21)27-23(22(17)20(28)13-24)14-5-7-15(25)8-6-14/h3-11,23,27H,12-13H2,1-2H3/t23-/m0/s1. The third kappa shape index (κ3) is 2.73. The molecule has 2 aromatic carbocycles. The second-order valence-corrected chi connectivity index (χ2v) is 8.96. The maximum Gasteiger partial charge on any atom is 0.162 e. The number of nitrogens with one attached hydrogen (secondary N) is 1. The van der Waals surface area contributed by atoms with E-state index in [9.17, 15) is 4.79 Å². The number of fused-ring (bicyclic) bond motifs is 4. The third-order valence-corrected chi connectivity index (χ3v) is 6.05. The first kappa shape index (κ1) is 17.4. The molecule has 0 saturated carbocycles. The SMILES string of the molecule is CC1(C)CC(=O)C2=C(C1)c1c(ccc3ncccc13)N[C@H]2c1ccc(Cl)cc1. The number of pyridine rings is 1. The molecule has 3 aromatic rings. The fourth-order valence-electron chi connectivity index (χ4n) is 4.62. The lowest BCUT2D eigenvalue weighted by Gasteiger charge is -2.40. The Hall–Kier alpha value is -2.65. The van der Waals surface area contributed by atoms with Gasteiger partial charge in [0.1, 0.15) is 0 Å². The van der Waals surface area contributed by atoms with E-state index in [-0.39, 0.29) is 17.2 Å². The van der Waals surface area contributed by atoms with Crippen molar-refractivity contribution in [3.05, 3.63) is 76.5 Å². The van der Waals surface area contributed by atoms with E-state index in [1.54, 1.807) is 0 Å². The minimum absolute atomic E-state index is 0.0561. The second-order valence-electron chi connectivity index (χ2n) is 8.52. The van der Waals surface area contributed by atoms with E-state index in [0.29, 0.717) is 11.4 Å². The fourth-order valence-corrected chi connectivity index (χ4v) is 4.75. The number of Topliss-reactive ketones (excluding diaryl/α,β-unsaturated/α-hetero) is 1. The largest absolute Gasteiger partial charge is 0.373 e. The van der Waals surface area contributed by atoms with Gasteiger partial charge in [0.25, 0.3) is 0 Å².